The number of benzene rings is 1. The van der Waals surface area contributed by atoms with Gasteiger partial charge in [0.05, 0.1) is 11.3 Å². The molecule has 118 valence electrons. The van der Waals surface area contributed by atoms with Crippen LogP contribution in [0.1, 0.15) is 33.6 Å². The SMILES string of the molecule is CC(C)CCC(C)NC(=O)CSc1ncnc2ccccc12. The topological polar surface area (TPSA) is 54.9 Å². The maximum atomic E-state index is 12.0. The maximum Gasteiger partial charge on any atom is 0.230 e. The molecule has 4 nitrogen and oxygen atoms in total. The molecule has 0 saturated carbocycles. The second kappa shape index (κ2) is 8.13. The van der Waals surface area contributed by atoms with Gasteiger partial charge in [0.1, 0.15) is 11.4 Å². The Morgan fingerprint density at radius 2 is 1.95 bits per heavy atom. The summed E-state index contributed by atoms with van der Waals surface area (Å²) in [6.07, 6.45) is 3.70. The predicted octanol–water partition coefficient (Wildman–Crippen LogP) is 3.66. The van der Waals surface area contributed by atoms with Crippen molar-refractivity contribution in [1.29, 1.82) is 0 Å². The van der Waals surface area contributed by atoms with Gasteiger partial charge in [0.15, 0.2) is 0 Å². The molecule has 2 rings (SSSR count). The molecular formula is C17H23N3OS. The molecule has 0 aliphatic carbocycles. The van der Waals surface area contributed by atoms with Crippen LogP contribution in [0.15, 0.2) is 35.6 Å². The molecule has 0 bridgehead atoms. The molecule has 2 aromatic rings. The predicted molar refractivity (Wildman–Crippen MR) is 91.9 cm³/mol. The minimum Gasteiger partial charge on any atom is -0.353 e. The van der Waals surface area contributed by atoms with Crippen molar-refractivity contribution in [3.05, 3.63) is 30.6 Å². The van der Waals surface area contributed by atoms with Gasteiger partial charge in [-0.2, -0.15) is 0 Å². The smallest absolute Gasteiger partial charge is 0.230 e. The third-order valence-electron chi connectivity index (χ3n) is 3.43. The van der Waals surface area contributed by atoms with Crippen molar-refractivity contribution < 1.29 is 4.79 Å². The Labute approximate surface area is 136 Å². The molecule has 1 aromatic heterocycles. The number of hydrogen-bond donors (Lipinski definition) is 1. The Morgan fingerprint density at radius 3 is 2.73 bits per heavy atom. The van der Waals surface area contributed by atoms with Crippen molar-refractivity contribution in [2.45, 2.75) is 44.7 Å². The molecular weight excluding hydrogens is 294 g/mol. The second-order valence-corrected chi connectivity index (χ2v) is 6.89. The van der Waals surface area contributed by atoms with E-state index in [1.54, 1.807) is 6.33 Å². The quantitative estimate of drug-likeness (QED) is 0.625. The van der Waals surface area contributed by atoms with Crippen LogP contribution in [0.3, 0.4) is 0 Å². The first-order chi connectivity index (χ1) is 10.6. The highest BCUT2D eigenvalue weighted by atomic mass is 32.2. The van der Waals surface area contributed by atoms with Gasteiger partial charge in [-0.15, -0.1) is 0 Å². The fourth-order valence-corrected chi connectivity index (χ4v) is 3.00. The Balaban J connectivity index is 1.88. The van der Waals surface area contributed by atoms with Gasteiger partial charge in [0.25, 0.3) is 0 Å². The van der Waals surface area contributed by atoms with Crippen molar-refractivity contribution in [1.82, 2.24) is 15.3 Å². The number of carbonyl (C=O) groups is 1. The lowest BCUT2D eigenvalue weighted by Crippen LogP contribution is -2.34. The summed E-state index contributed by atoms with van der Waals surface area (Å²) >= 11 is 1.46. The summed E-state index contributed by atoms with van der Waals surface area (Å²) in [6, 6.07) is 8.07. The maximum absolute atomic E-state index is 12.0. The number of carbonyl (C=O) groups excluding carboxylic acids is 1. The lowest BCUT2D eigenvalue weighted by atomic mass is 10.0. The molecule has 1 heterocycles. The minimum absolute atomic E-state index is 0.0592. The van der Waals surface area contributed by atoms with Crippen LogP contribution in [0.2, 0.25) is 0 Å². The second-order valence-electron chi connectivity index (χ2n) is 5.92. The van der Waals surface area contributed by atoms with Gasteiger partial charge in [0.2, 0.25) is 5.91 Å². The molecule has 1 N–H and O–H groups in total. The van der Waals surface area contributed by atoms with E-state index in [1.165, 1.54) is 11.8 Å². The summed E-state index contributed by atoms with van der Waals surface area (Å²) in [6.45, 7) is 6.46. The lowest BCUT2D eigenvalue weighted by Gasteiger charge is -2.15. The van der Waals surface area contributed by atoms with E-state index in [2.05, 4.69) is 36.1 Å². The first-order valence-corrected chi connectivity index (χ1v) is 8.66. The summed E-state index contributed by atoms with van der Waals surface area (Å²) in [5.74, 6) is 1.11. The van der Waals surface area contributed by atoms with Crippen molar-refractivity contribution in [2.24, 2.45) is 5.92 Å². The third kappa shape index (κ3) is 4.98. The van der Waals surface area contributed by atoms with Crippen LogP contribution < -0.4 is 5.32 Å². The monoisotopic (exact) mass is 317 g/mol. The largest absolute Gasteiger partial charge is 0.353 e. The van der Waals surface area contributed by atoms with E-state index in [4.69, 9.17) is 0 Å². The Bertz CT molecular complexity index is 625. The number of para-hydroxylation sites is 1. The van der Waals surface area contributed by atoms with E-state index < -0.39 is 0 Å². The van der Waals surface area contributed by atoms with Crippen LogP contribution in [0.4, 0.5) is 0 Å². The molecule has 1 unspecified atom stereocenters. The molecule has 22 heavy (non-hydrogen) atoms. The molecule has 0 fully saturated rings. The third-order valence-corrected chi connectivity index (χ3v) is 4.44. The van der Waals surface area contributed by atoms with Crippen molar-refractivity contribution >= 4 is 28.6 Å². The number of amides is 1. The summed E-state index contributed by atoms with van der Waals surface area (Å²) in [4.78, 5) is 20.6. The first kappa shape index (κ1) is 16.7. The number of thioether (sulfide) groups is 1. The zero-order chi connectivity index (χ0) is 15.9. The average molecular weight is 317 g/mol. The van der Waals surface area contributed by atoms with E-state index in [9.17, 15) is 4.79 Å². The molecule has 0 saturated heterocycles. The van der Waals surface area contributed by atoms with Gasteiger partial charge in [0, 0.05) is 11.4 Å². The van der Waals surface area contributed by atoms with E-state index in [0.29, 0.717) is 11.7 Å². The molecule has 0 spiro atoms. The van der Waals surface area contributed by atoms with E-state index in [1.807, 2.05) is 24.3 Å². The first-order valence-electron chi connectivity index (χ1n) is 7.68. The van der Waals surface area contributed by atoms with Crippen LogP contribution in [-0.2, 0) is 4.79 Å². The van der Waals surface area contributed by atoms with Gasteiger partial charge in [-0.3, -0.25) is 4.79 Å². The van der Waals surface area contributed by atoms with E-state index >= 15 is 0 Å². The fraction of sp³-hybridized carbons (Fsp3) is 0.471. The van der Waals surface area contributed by atoms with Gasteiger partial charge in [-0.05, 0) is 31.7 Å². The van der Waals surface area contributed by atoms with E-state index in [-0.39, 0.29) is 11.9 Å². The molecule has 1 amide bonds. The highest BCUT2D eigenvalue weighted by Gasteiger charge is 2.10. The van der Waals surface area contributed by atoms with Crippen LogP contribution in [0.5, 0.6) is 0 Å². The summed E-state index contributed by atoms with van der Waals surface area (Å²) in [5, 5.41) is 4.90. The summed E-state index contributed by atoms with van der Waals surface area (Å²) < 4.78 is 0. The molecule has 0 aliphatic rings. The number of fused-ring (bicyclic) bond motifs is 1. The number of nitrogens with zero attached hydrogens (tertiary/aromatic N) is 2. The number of hydrogen-bond acceptors (Lipinski definition) is 4. The average Bonchev–Trinajstić information content (AvgIpc) is 2.51. The summed E-state index contributed by atoms with van der Waals surface area (Å²) in [7, 11) is 0. The Hall–Kier alpha value is -1.62. The molecule has 5 heteroatoms. The van der Waals surface area contributed by atoms with Crippen molar-refractivity contribution in [3.63, 3.8) is 0 Å². The summed E-state index contributed by atoms with van der Waals surface area (Å²) in [5.41, 5.74) is 0.908. The number of rotatable bonds is 7. The lowest BCUT2D eigenvalue weighted by molar-refractivity contribution is -0.119. The highest BCUT2D eigenvalue weighted by Crippen LogP contribution is 2.23. The highest BCUT2D eigenvalue weighted by molar-refractivity contribution is 8.00. The molecule has 1 aromatic carbocycles. The number of aromatic nitrogens is 2. The normalized spacial score (nSPS) is 12.5. The van der Waals surface area contributed by atoms with Crippen molar-refractivity contribution in [2.75, 3.05) is 5.75 Å². The fourth-order valence-electron chi connectivity index (χ4n) is 2.20. The van der Waals surface area contributed by atoms with Gasteiger partial charge >= 0.3 is 0 Å². The Morgan fingerprint density at radius 1 is 1.18 bits per heavy atom. The van der Waals surface area contributed by atoms with Crippen LogP contribution >= 0.6 is 11.8 Å². The zero-order valence-corrected chi connectivity index (χ0v) is 14.2. The van der Waals surface area contributed by atoms with Crippen LogP contribution in [0, 0.1) is 5.92 Å². The number of nitrogens with one attached hydrogen (secondary N) is 1. The Kier molecular flexibility index (Phi) is 6.19. The molecule has 0 aliphatic heterocycles. The molecule has 0 radical (unpaired) electrons. The minimum atomic E-state index is 0.0592. The van der Waals surface area contributed by atoms with Gasteiger partial charge in [-0.1, -0.05) is 43.8 Å². The van der Waals surface area contributed by atoms with Gasteiger partial charge < -0.3 is 5.32 Å². The van der Waals surface area contributed by atoms with Crippen LogP contribution in [-0.4, -0.2) is 27.7 Å². The van der Waals surface area contributed by atoms with Crippen LogP contribution in [0.25, 0.3) is 10.9 Å². The zero-order valence-electron chi connectivity index (χ0n) is 13.4. The van der Waals surface area contributed by atoms with Crippen molar-refractivity contribution in [3.8, 4) is 0 Å². The molecule has 1 atom stereocenters. The van der Waals surface area contributed by atoms with Gasteiger partial charge in [-0.25, -0.2) is 9.97 Å². The van der Waals surface area contributed by atoms with E-state index in [0.717, 1.165) is 28.8 Å². The standard InChI is InChI=1S/C17H23N3OS/c1-12(2)8-9-13(3)20-16(21)10-22-17-14-6-4-5-7-15(14)18-11-19-17/h4-7,11-13H,8-10H2,1-3H3,(H,20,21).